The summed E-state index contributed by atoms with van der Waals surface area (Å²) in [7, 11) is 4.23. The van der Waals surface area contributed by atoms with E-state index >= 15 is 0 Å². The van der Waals surface area contributed by atoms with Gasteiger partial charge in [-0.15, -0.1) is 0 Å². The SMILES string of the molecule is CC(C)=C(CC(C)C)N(C)C. The Morgan fingerprint density at radius 3 is 1.73 bits per heavy atom. The summed E-state index contributed by atoms with van der Waals surface area (Å²) < 4.78 is 0. The molecular formula is C10H21N. The van der Waals surface area contributed by atoms with E-state index in [2.05, 4.69) is 46.7 Å². The molecule has 0 heterocycles. The highest BCUT2D eigenvalue weighted by Gasteiger charge is 2.04. The number of nitrogens with zero attached hydrogens (tertiary/aromatic N) is 1. The maximum Gasteiger partial charge on any atom is 0.0116 e. The lowest BCUT2D eigenvalue weighted by Crippen LogP contribution is -2.14. The van der Waals surface area contributed by atoms with Crippen LogP contribution in [0.5, 0.6) is 0 Å². The smallest absolute Gasteiger partial charge is 0.0116 e. The third-order valence-corrected chi connectivity index (χ3v) is 1.72. The molecular weight excluding hydrogens is 134 g/mol. The third-order valence-electron chi connectivity index (χ3n) is 1.72. The Balaban J connectivity index is 4.26. The lowest BCUT2D eigenvalue weighted by Gasteiger charge is -2.20. The molecule has 0 saturated heterocycles. The van der Waals surface area contributed by atoms with Crippen LogP contribution in [-0.2, 0) is 0 Å². The normalized spacial score (nSPS) is 10.1. The van der Waals surface area contributed by atoms with E-state index in [9.17, 15) is 0 Å². The van der Waals surface area contributed by atoms with Crippen molar-refractivity contribution in [1.29, 1.82) is 0 Å². The van der Waals surface area contributed by atoms with Crippen LogP contribution in [0.2, 0.25) is 0 Å². The molecule has 0 fully saturated rings. The summed E-state index contributed by atoms with van der Waals surface area (Å²) in [4.78, 5) is 2.22. The molecule has 0 aliphatic carbocycles. The molecule has 0 unspecified atom stereocenters. The van der Waals surface area contributed by atoms with Gasteiger partial charge in [0.1, 0.15) is 0 Å². The summed E-state index contributed by atoms with van der Waals surface area (Å²) in [6, 6.07) is 0. The fourth-order valence-electron chi connectivity index (χ4n) is 1.22. The van der Waals surface area contributed by atoms with Crippen LogP contribution in [0.1, 0.15) is 34.1 Å². The van der Waals surface area contributed by atoms with Crippen molar-refractivity contribution in [1.82, 2.24) is 4.90 Å². The molecule has 0 aromatic rings. The second-order valence-electron chi connectivity index (χ2n) is 3.94. The molecule has 0 spiro atoms. The van der Waals surface area contributed by atoms with Gasteiger partial charge in [-0.05, 0) is 26.2 Å². The van der Waals surface area contributed by atoms with Gasteiger partial charge in [0.25, 0.3) is 0 Å². The fourth-order valence-corrected chi connectivity index (χ4v) is 1.22. The second kappa shape index (κ2) is 4.42. The van der Waals surface area contributed by atoms with Crippen molar-refractivity contribution < 1.29 is 0 Å². The molecule has 1 nitrogen and oxygen atoms in total. The highest BCUT2D eigenvalue weighted by Crippen LogP contribution is 2.16. The first-order chi connectivity index (χ1) is 4.95. The van der Waals surface area contributed by atoms with Gasteiger partial charge in [-0.1, -0.05) is 19.4 Å². The van der Waals surface area contributed by atoms with E-state index < -0.39 is 0 Å². The highest BCUT2D eigenvalue weighted by molar-refractivity contribution is 5.07. The van der Waals surface area contributed by atoms with Gasteiger partial charge < -0.3 is 4.90 Å². The molecule has 0 radical (unpaired) electrons. The molecule has 0 aromatic carbocycles. The Morgan fingerprint density at radius 2 is 1.64 bits per heavy atom. The predicted molar refractivity (Wildman–Crippen MR) is 51.5 cm³/mol. The average Bonchev–Trinajstić information content (AvgIpc) is 1.81. The zero-order valence-corrected chi connectivity index (χ0v) is 8.73. The highest BCUT2D eigenvalue weighted by atomic mass is 15.1. The second-order valence-corrected chi connectivity index (χ2v) is 3.94. The van der Waals surface area contributed by atoms with Crippen molar-refractivity contribution in [3.8, 4) is 0 Å². The van der Waals surface area contributed by atoms with E-state index in [4.69, 9.17) is 0 Å². The Kier molecular flexibility index (Phi) is 4.24. The van der Waals surface area contributed by atoms with Crippen molar-refractivity contribution in [3.63, 3.8) is 0 Å². The number of hydrogen-bond acceptors (Lipinski definition) is 1. The van der Waals surface area contributed by atoms with E-state index in [1.54, 1.807) is 0 Å². The molecule has 0 rings (SSSR count). The fraction of sp³-hybridized carbons (Fsp3) is 0.800. The van der Waals surface area contributed by atoms with Crippen LogP contribution in [0, 0.1) is 5.92 Å². The van der Waals surface area contributed by atoms with Gasteiger partial charge in [-0.2, -0.15) is 0 Å². The van der Waals surface area contributed by atoms with Crippen LogP contribution in [0.3, 0.4) is 0 Å². The molecule has 1 heteroatoms. The Labute approximate surface area is 71.1 Å². The summed E-state index contributed by atoms with van der Waals surface area (Å²) in [5.41, 5.74) is 2.91. The van der Waals surface area contributed by atoms with Crippen LogP contribution in [-0.4, -0.2) is 19.0 Å². The van der Waals surface area contributed by atoms with E-state index in [1.165, 1.54) is 17.7 Å². The number of rotatable bonds is 3. The zero-order valence-electron chi connectivity index (χ0n) is 8.73. The first kappa shape index (κ1) is 10.5. The molecule has 0 saturated carbocycles. The lowest BCUT2D eigenvalue weighted by molar-refractivity contribution is 0.446. The molecule has 0 bridgehead atoms. The van der Waals surface area contributed by atoms with E-state index in [-0.39, 0.29) is 0 Å². The molecule has 66 valence electrons. The molecule has 0 atom stereocenters. The van der Waals surface area contributed by atoms with Gasteiger partial charge in [0, 0.05) is 19.8 Å². The van der Waals surface area contributed by atoms with Crippen LogP contribution in [0.25, 0.3) is 0 Å². The zero-order chi connectivity index (χ0) is 9.02. The molecule has 0 aliphatic heterocycles. The van der Waals surface area contributed by atoms with Crippen molar-refractivity contribution in [2.45, 2.75) is 34.1 Å². The van der Waals surface area contributed by atoms with E-state index in [1.807, 2.05) is 0 Å². The van der Waals surface area contributed by atoms with Crippen LogP contribution < -0.4 is 0 Å². The van der Waals surface area contributed by atoms with Crippen molar-refractivity contribution >= 4 is 0 Å². The maximum absolute atomic E-state index is 2.26. The van der Waals surface area contributed by atoms with Crippen molar-refractivity contribution in [2.24, 2.45) is 5.92 Å². The lowest BCUT2D eigenvalue weighted by atomic mass is 10.0. The van der Waals surface area contributed by atoms with Crippen molar-refractivity contribution in [3.05, 3.63) is 11.3 Å². The Bertz CT molecular complexity index is 139. The quantitative estimate of drug-likeness (QED) is 0.605. The average molecular weight is 155 g/mol. The minimum Gasteiger partial charge on any atom is -0.381 e. The van der Waals surface area contributed by atoms with Crippen LogP contribution in [0.15, 0.2) is 11.3 Å². The minimum atomic E-state index is 0.752. The molecule has 0 aliphatic rings. The molecule has 0 aromatic heterocycles. The monoisotopic (exact) mass is 155 g/mol. The predicted octanol–water partition coefficient (Wildman–Crippen LogP) is 2.89. The third kappa shape index (κ3) is 4.07. The first-order valence-corrected chi connectivity index (χ1v) is 4.28. The standard InChI is InChI=1S/C10H21N/c1-8(2)7-10(9(3)4)11(5)6/h8H,7H2,1-6H3. The molecule has 0 N–H and O–H groups in total. The van der Waals surface area contributed by atoms with Gasteiger partial charge >= 0.3 is 0 Å². The van der Waals surface area contributed by atoms with Crippen LogP contribution >= 0.6 is 0 Å². The molecule has 11 heavy (non-hydrogen) atoms. The topological polar surface area (TPSA) is 3.24 Å². The first-order valence-electron chi connectivity index (χ1n) is 4.28. The maximum atomic E-state index is 2.26. The van der Waals surface area contributed by atoms with Gasteiger partial charge in [-0.25, -0.2) is 0 Å². The van der Waals surface area contributed by atoms with Crippen LogP contribution in [0.4, 0.5) is 0 Å². The largest absolute Gasteiger partial charge is 0.381 e. The summed E-state index contributed by atoms with van der Waals surface area (Å²) in [5.74, 6) is 0.752. The molecule has 0 amide bonds. The van der Waals surface area contributed by atoms with Gasteiger partial charge in [0.2, 0.25) is 0 Å². The summed E-state index contributed by atoms with van der Waals surface area (Å²) in [6.07, 6.45) is 1.19. The Hall–Kier alpha value is -0.460. The van der Waals surface area contributed by atoms with Gasteiger partial charge in [0.05, 0.1) is 0 Å². The number of allylic oxidation sites excluding steroid dienone is 2. The summed E-state index contributed by atoms with van der Waals surface area (Å²) in [6.45, 7) is 8.87. The van der Waals surface area contributed by atoms with Gasteiger partial charge in [-0.3, -0.25) is 0 Å². The van der Waals surface area contributed by atoms with E-state index in [0.29, 0.717) is 0 Å². The van der Waals surface area contributed by atoms with Crippen molar-refractivity contribution in [2.75, 3.05) is 14.1 Å². The van der Waals surface area contributed by atoms with Gasteiger partial charge in [0.15, 0.2) is 0 Å². The summed E-state index contributed by atoms with van der Waals surface area (Å²) >= 11 is 0. The Morgan fingerprint density at radius 1 is 1.18 bits per heavy atom. The summed E-state index contributed by atoms with van der Waals surface area (Å²) in [5, 5.41) is 0. The minimum absolute atomic E-state index is 0.752. The number of hydrogen-bond donors (Lipinski definition) is 0. The van der Waals surface area contributed by atoms with E-state index in [0.717, 1.165) is 5.92 Å².